The quantitative estimate of drug-likeness (QED) is 0.135. The van der Waals surface area contributed by atoms with Gasteiger partial charge in [-0.15, -0.1) is 0 Å². The minimum atomic E-state index is -4.94. The number of benzene rings is 3. The highest BCUT2D eigenvalue weighted by molar-refractivity contribution is 7.78. The number of hydrogen-bond donors (Lipinski definition) is 1. The predicted octanol–water partition coefficient (Wildman–Crippen LogP) is 5.86. The maximum Gasteiger partial charge on any atom is 0.471 e. The van der Waals surface area contributed by atoms with E-state index < -0.39 is 48.9 Å². The average molecular weight is 746 g/mol. The molecule has 0 bridgehead atoms. The van der Waals surface area contributed by atoms with Gasteiger partial charge in [-0.25, -0.2) is 4.79 Å². The van der Waals surface area contributed by atoms with Gasteiger partial charge >= 0.3 is 17.8 Å². The maximum absolute atomic E-state index is 13.2. The molecule has 5 rings (SSSR count). The lowest BCUT2D eigenvalue weighted by atomic mass is 9.75. The second-order valence-electron chi connectivity index (χ2n) is 12.4. The number of rotatable bonds is 13. The number of aromatic amines is 1. The van der Waals surface area contributed by atoms with E-state index in [4.69, 9.17) is 20.5 Å². The van der Waals surface area contributed by atoms with E-state index in [0.717, 1.165) is 23.7 Å². The summed E-state index contributed by atoms with van der Waals surface area (Å²) < 4.78 is 54.1. The molecule has 1 N–H and O–H groups in total. The van der Waals surface area contributed by atoms with Crippen molar-refractivity contribution in [1.29, 1.82) is 0 Å². The van der Waals surface area contributed by atoms with Crippen molar-refractivity contribution >= 4 is 24.8 Å². The second kappa shape index (κ2) is 16.7. The first-order valence-electron chi connectivity index (χ1n) is 16.3. The van der Waals surface area contributed by atoms with Crippen molar-refractivity contribution < 1.29 is 27.2 Å². The summed E-state index contributed by atoms with van der Waals surface area (Å²) in [5.41, 5.74) is 1.35. The summed E-state index contributed by atoms with van der Waals surface area (Å²) in [5.74, 6) is -1.91. The number of ether oxygens (including phenoxy) is 1. The number of carbonyl (C=O) groups is 1. The molecule has 1 aliphatic rings. The molecule has 3 atom stereocenters. The zero-order chi connectivity index (χ0) is 36.8. The van der Waals surface area contributed by atoms with Gasteiger partial charge in [0.15, 0.2) is 6.23 Å². The summed E-state index contributed by atoms with van der Waals surface area (Å²) in [6, 6.07) is 30.2. The number of amides is 1. The lowest BCUT2D eigenvalue weighted by Crippen LogP contribution is -2.58. The Bertz CT molecular complexity index is 1770. The summed E-state index contributed by atoms with van der Waals surface area (Å²) >= 11 is 6.68. The third-order valence-electron chi connectivity index (χ3n) is 8.86. The molecule has 0 radical (unpaired) electrons. The smallest absolute Gasteiger partial charge is 0.350 e. The van der Waals surface area contributed by atoms with Crippen LogP contribution in [0, 0.1) is 6.92 Å². The molecule has 4 aromatic rings. The second-order valence-corrected chi connectivity index (χ2v) is 14.6. The third kappa shape index (κ3) is 8.80. The first-order valence-corrected chi connectivity index (χ1v) is 18.5. The van der Waals surface area contributed by atoms with Crippen molar-refractivity contribution in [3.8, 4) is 0 Å². The van der Waals surface area contributed by atoms with Crippen LogP contribution in [0.3, 0.4) is 0 Å². The minimum Gasteiger partial charge on any atom is -0.350 e. The number of aryl methyl sites for hydroxylation is 1. The first kappa shape index (κ1) is 38.4. The van der Waals surface area contributed by atoms with E-state index in [9.17, 15) is 27.6 Å². The molecular formula is C36H40ClF3N5O5P. The summed E-state index contributed by atoms with van der Waals surface area (Å²) in [6.45, 7) is 2.39. The van der Waals surface area contributed by atoms with Gasteiger partial charge in [0.05, 0.1) is 18.2 Å². The average Bonchev–Trinajstić information content (AvgIpc) is 3.13. The predicted molar refractivity (Wildman–Crippen MR) is 190 cm³/mol. The van der Waals surface area contributed by atoms with Crippen LogP contribution in [0.2, 0.25) is 0 Å². The molecule has 1 saturated heterocycles. The van der Waals surface area contributed by atoms with Crippen molar-refractivity contribution in [3.05, 3.63) is 140 Å². The van der Waals surface area contributed by atoms with Crippen LogP contribution < -0.4 is 11.2 Å². The van der Waals surface area contributed by atoms with Gasteiger partial charge in [-0.1, -0.05) is 91.0 Å². The molecule has 3 unspecified atom stereocenters. The summed E-state index contributed by atoms with van der Waals surface area (Å²) in [4.78, 5) is 42.3. The fourth-order valence-corrected chi connectivity index (χ4v) is 7.58. The number of aromatic nitrogens is 2. The van der Waals surface area contributed by atoms with E-state index >= 15 is 0 Å². The lowest BCUT2D eigenvalue weighted by molar-refractivity contribution is -0.184. The van der Waals surface area contributed by atoms with E-state index in [1.54, 1.807) is 18.6 Å². The molecule has 0 saturated carbocycles. The molecule has 272 valence electrons. The van der Waals surface area contributed by atoms with Crippen LogP contribution in [0.1, 0.15) is 34.9 Å². The minimum absolute atomic E-state index is 0.0184. The van der Waals surface area contributed by atoms with Crippen LogP contribution >= 0.6 is 18.9 Å². The monoisotopic (exact) mass is 745 g/mol. The zero-order valence-electron chi connectivity index (χ0n) is 28.4. The van der Waals surface area contributed by atoms with Crippen LogP contribution in [-0.2, 0) is 19.6 Å². The van der Waals surface area contributed by atoms with Gasteiger partial charge < -0.3 is 14.2 Å². The van der Waals surface area contributed by atoms with Crippen molar-refractivity contribution in [2.45, 2.75) is 37.4 Å². The number of nitrogens with one attached hydrogen (secondary N) is 1. The largest absolute Gasteiger partial charge is 0.471 e. The van der Waals surface area contributed by atoms with Crippen LogP contribution in [0.15, 0.2) is 107 Å². The van der Waals surface area contributed by atoms with E-state index in [0.29, 0.717) is 17.0 Å². The maximum atomic E-state index is 13.2. The van der Waals surface area contributed by atoms with E-state index in [1.165, 1.54) is 10.8 Å². The third-order valence-corrected chi connectivity index (χ3v) is 11.0. The van der Waals surface area contributed by atoms with Crippen LogP contribution in [0.4, 0.5) is 13.2 Å². The summed E-state index contributed by atoms with van der Waals surface area (Å²) in [6.07, 6.45) is -4.67. The van der Waals surface area contributed by atoms with Crippen LogP contribution in [-0.4, -0.2) is 89.1 Å². The fraction of sp³-hybridized carbons (Fsp3) is 0.361. The van der Waals surface area contributed by atoms with E-state index in [-0.39, 0.29) is 32.7 Å². The molecule has 1 amide bonds. The van der Waals surface area contributed by atoms with Gasteiger partial charge in [0.1, 0.15) is 0 Å². The number of alkyl halides is 3. The van der Waals surface area contributed by atoms with Crippen LogP contribution in [0.25, 0.3) is 0 Å². The number of hydrogen-bond acceptors (Lipinski definition) is 7. The van der Waals surface area contributed by atoms with Gasteiger partial charge in [0.2, 0.25) is 7.65 Å². The van der Waals surface area contributed by atoms with Crippen molar-refractivity contribution in [2.75, 3.05) is 46.9 Å². The Labute approximate surface area is 300 Å². The van der Waals surface area contributed by atoms with Gasteiger partial charge in [-0.05, 0) is 48.3 Å². The molecule has 0 aliphatic carbocycles. The molecule has 10 nitrogen and oxygen atoms in total. The van der Waals surface area contributed by atoms with Gasteiger partial charge in [0, 0.05) is 45.0 Å². The molecule has 15 heteroatoms. The van der Waals surface area contributed by atoms with E-state index in [2.05, 4.69) is 46.3 Å². The van der Waals surface area contributed by atoms with Crippen molar-refractivity contribution in [1.82, 2.24) is 24.0 Å². The van der Waals surface area contributed by atoms with Gasteiger partial charge in [-0.3, -0.25) is 28.7 Å². The Hall–Kier alpha value is -3.84. The number of carbonyl (C=O) groups excluding carboxylic acids is 1. The van der Waals surface area contributed by atoms with Gasteiger partial charge in [0.25, 0.3) is 5.56 Å². The highest BCUT2D eigenvalue weighted by atomic mass is 35.7. The summed E-state index contributed by atoms with van der Waals surface area (Å²) in [5, 5.41) is 0. The zero-order valence-corrected chi connectivity index (χ0v) is 30.1. The molecule has 2 heterocycles. The Balaban J connectivity index is 1.47. The Morgan fingerprint density at radius 3 is 1.96 bits per heavy atom. The topological polar surface area (TPSA) is 100 Å². The van der Waals surface area contributed by atoms with Crippen molar-refractivity contribution in [3.63, 3.8) is 0 Å². The SMILES string of the molecule is Cc1cn(C2CN(C(c3ccccc3)(c3ccccc3)c3ccccc3)CC(COP(Cl)N(C)CCCN(C)C(=O)C(F)(F)F)O2)c(=O)[nH]c1=O. The number of nitrogens with zero attached hydrogens (tertiary/aromatic N) is 4. The van der Waals surface area contributed by atoms with E-state index in [1.807, 2.05) is 54.6 Å². The molecule has 0 spiro atoms. The highest BCUT2D eigenvalue weighted by Crippen LogP contribution is 2.47. The normalized spacial score (nSPS) is 17.7. The highest BCUT2D eigenvalue weighted by Gasteiger charge is 2.47. The Morgan fingerprint density at radius 1 is 0.922 bits per heavy atom. The van der Waals surface area contributed by atoms with Crippen molar-refractivity contribution in [2.24, 2.45) is 0 Å². The van der Waals surface area contributed by atoms with Gasteiger partial charge in [-0.2, -0.15) is 13.2 Å². The number of halogens is 4. The molecular weight excluding hydrogens is 706 g/mol. The molecule has 1 aliphatic heterocycles. The summed E-state index contributed by atoms with van der Waals surface area (Å²) in [7, 11) is 1.07. The molecule has 51 heavy (non-hydrogen) atoms. The lowest BCUT2D eigenvalue weighted by Gasteiger charge is -2.50. The number of morpholine rings is 1. The Kier molecular flexibility index (Phi) is 12.5. The number of H-pyrrole nitrogens is 1. The standard InChI is InChI=1S/C36H40ClF3N5O5P/c1-26-22-45(34(48)41-32(26)46)31-24-44(23-30(50-31)25-49-51(37)43(3)21-13-20-42(2)33(47)36(38,39)40)35(27-14-7-4-8-15-27,28-16-9-5-10-17-28)29-18-11-6-12-19-29/h4-12,14-19,22,30-31H,13,20-21,23-25H2,1-3H3,(H,41,46,48). The molecule has 1 fully saturated rings. The fourth-order valence-electron chi connectivity index (χ4n) is 6.40. The van der Waals surface area contributed by atoms with Crippen LogP contribution in [0.5, 0.6) is 0 Å². The Morgan fingerprint density at radius 2 is 1.45 bits per heavy atom. The molecule has 1 aromatic heterocycles. The first-order chi connectivity index (χ1) is 24.3. The molecule has 3 aromatic carbocycles.